The van der Waals surface area contributed by atoms with E-state index in [4.69, 9.17) is 10.7 Å². The minimum atomic E-state index is 0.206. The number of nitrogen functional groups attached to an aromatic ring is 1. The van der Waals surface area contributed by atoms with Crippen LogP contribution in [0.2, 0.25) is 0 Å². The van der Waals surface area contributed by atoms with Crippen LogP contribution in [0.15, 0.2) is 33.0 Å². The van der Waals surface area contributed by atoms with Gasteiger partial charge in [0.05, 0.1) is 6.54 Å². The molecular formula is C22H24BrN6O2S+. The minimum absolute atomic E-state index is 0.206. The number of aryl methyl sites for hydroxylation is 2. The Morgan fingerprint density at radius 1 is 1.31 bits per heavy atom. The van der Waals surface area contributed by atoms with Gasteiger partial charge in [-0.15, -0.1) is 0 Å². The monoisotopic (exact) mass is 515 g/mol. The van der Waals surface area contributed by atoms with Crippen molar-refractivity contribution in [2.45, 2.75) is 48.7 Å². The number of halogens is 1. The number of imidazole rings is 1. The fourth-order valence-electron chi connectivity index (χ4n) is 4.49. The zero-order valence-corrected chi connectivity index (χ0v) is 19.9. The van der Waals surface area contributed by atoms with Crippen LogP contribution in [0.1, 0.15) is 41.6 Å². The first-order chi connectivity index (χ1) is 15.5. The lowest BCUT2D eigenvalue weighted by atomic mass is 9.94. The van der Waals surface area contributed by atoms with Gasteiger partial charge in [0.15, 0.2) is 11.3 Å². The minimum Gasteiger partial charge on any atom is -0.368 e. The van der Waals surface area contributed by atoms with Crippen molar-refractivity contribution in [3.8, 4) is 0 Å². The highest BCUT2D eigenvalue weighted by Crippen LogP contribution is 2.37. The van der Waals surface area contributed by atoms with Crippen molar-refractivity contribution < 1.29 is 14.2 Å². The predicted molar refractivity (Wildman–Crippen MR) is 124 cm³/mol. The molecule has 0 unspecified atom stereocenters. The molecule has 0 spiro atoms. The van der Waals surface area contributed by atoms with Crippen LogP contribution in [0.3, 0.4) is 0 Å². The molecule has 2 aliphatic rings. The summed E-state index contributed by atoms with van der Waals surface area (Å²) < 4.78 is 2.94. The first kappa shape index (κ1) is 21.4. The van der Waals surface area contributed by atoms with E-state index in [0.29, 0.717) is 18.2 Å². The Labute approximate surface area is 198 Å². The van der Waals surface area contributed by atoms with Crippen LogP contribution >= 0.6 is 27.7 Å². The third kappa shape index (κ3) is 4.13. The molecule has 1 aliphatic carbocycles. The third-order valence-corrected chi connectivity index (χ3v) is 8.25. The number of nitrogens with two attached hydrogens (primary N) is 1. The number of fused-ring (bicyclic) bond motifs is 2. The Kier molecular flexibility index (Phi) is 5.90. The van der Waals surface area contributed by atoms with Crippen molar-refractivity contribution in [1.82, 2.24) is 19.9 Å². The van der Waals surface area contributed by atoms with E-state index in [2.05, 4.69) is 36.5 Å². The molecule has 0 saturated carbocycles. The number of H-pyrrole nitrogens is 1. The maximum atomic E-state index is 12.0. The first-order valence-electron chi connectivity index (χ1n) is 10.8. The number of rotatable bonds is 6. The summed E-state index contributed by atoms with van der Waals surface area (Å²) in [5, 5.41) is 0.734. The summed E-state index contributed by atoms with van der Waals surface area (Å²) in [5.41, 5.74) is 9.56. The van der Waals surface area contributed by atoms with Crippen LogP contribution in [0.25, 0.3) is 11.2 Å². The Hall–Kier alpha value is -2.46. The number of aromatic nitrogens is 4. The van der Waals surface area contributed by atoms with Gasteiger partial charge in [-0.1, -0.05) is 9.97 Å². The molecular weight excluding hydrogens is 492 g/mol. The maximum absolute atomic E-state index is 12.0. The second kappa shape index (κ2) is 8.82. The van der Waals surface area contributed by atoms with E-state index in [1.165, 1.54) is 11.8 Å². The Bertz CT molecular complexity index is 1200. The normalized spacial score (nSPS) is 16.7. The predicted octanol–water partition coefficient (Wildman–Crippen LogP) is 3.13. The maximum Gasteiger partial charge on any atom is 0.294 e. The fourth-order valence-corrected chi connectivity index (χ4v) is 5.93. The molecule has 0 bridgehead atoms. The van der Waals surface area contributed by atoms with E-state index in [1.807, 2.05) is 11.0 Å². The van der Waals surface area contributed by atoms with Crippen LogP contribution in [-0.2, 0) is 17.8 Å². The zero-order valence-electron chi connectivity index (χ0n) is 17.5. The van der Waals surface area contributed by atoms with Crippen LogP contribution in [-0.4, -0.2) is 45.1 Å². The van der Waals surface area contributed by atoms with Gasteiger partial charge in [0.25, 0.3) is 5.65 Å². The van der Waals surface area contributed by atoms with Gasteiger partial charge in [-0.05, 0) is 77.0 Å². The molecule has 166 valence electrons. The molecule has 10 heteroatoms. The van der Waals surface area contributed by atoms with E-state index < -0.39 is 0 Å². The molecule has 0 atom stereocenters. The molecule has 3 heterocycles. The van der Waals surface area contributed by atoms with Gasteiger partial charge in [0.2, 0.25) is 23.7 Å². The number of hydrogen-bond donors (Lipinski definition) is 2. The molecule has 2 aromatic heterocycles. The van der Waals surface area contributed by atoms with Gasteiger partial charge in [0.1, 0.15) is 0 Å². The lowest BCUT2D eigenvalue weighted by molar-refractivity contribution is -0.677. The number of carbonyl (C=O) groups is 2. The van der Waals surface area contributed by atoms with Gasteiger partial charge >= 0.3 is 0 Å². The van der Waals surface area contributed by atoms with E-state index >= 15 is 0 Å². The summed E-state index contributed by atoms with van der Waals surface area (Å²) in [6, 6.07) is 3.99. The number of Topliss-reactive ketones (excluding diaryl/α,β-unsaturated/α-hetero) is 1. The van der Waals surface area contributed by atoms with Gasteiger partial charge < -0.3 is 15.6 Å². The first-order valence-corrected chi connectivity index (χ1v) is 12.4. The number of nitrogens with zero attached hydrogens (tertiary/aromatic N) is 4. The number of likely N-dealkylation sites (tertiary alicyclic amines) is 1. The topological polar surface area (TPSA) is 109 Å². The van der Waals surface area contributed by atoms with Crippen LogP contribution in [0, 0.1) is 5.92 Å². The van der Waals surface area contributed by atoms with Gasteiger partial charge in [0, 0.05) is 34.4 Å². The van der Waals surface area contributed by atoms with E-state index in [9.17, 15) is 9.59 Å². The molecule has 1 amide bonds. The largest absolute Gasteiger partial charge is 0.368 e. The lowest BCUT2D eigenvalue weighted by Gasteiger charge is -2.28. The molecule has 32 heavy (non-hydrogen) atoms. The van der Waals surface area contributed by atoms with Gasteiger partial charge in [-0.25, -0.2) is 4.57 Å². The number of carbonyl (C=O) groups excluding carboxylic acids is 2. The third-order valence-electron chi connectivity index (χ3n) is 6.39. The second-order valence-electron chi connectivity index (χ2n) is 8.40. The quantitative estimate of drug-likeness (QED) is 0.385. The van der Waals surface area contributed by atoms with Crippen molar-refractivity contribution in [2.24, 2.45) is 5.92 Å². The van der Waals surface area contributed by atoms with Gasteiger partial charge in [-0.2, -0.15) is 0 Å². The summed E-state index contributed by atoms with van der Waals surface area (Å²) in [5.74, 6) is 1.22. The smallest absolute Gasteiger partial charge is 0.294 e. The van der Waals surface area contributed by atoms with Crippen molar-refractivity contribution in [3.63, 3.8) is 0 Å². The number of hydrogen-bond acceptors (Lipinski definition) is 6. The highest BCUT2D eigenvalue weighted by atomic mass is 79.9. The van der Waals surface area contributed by atoms with Gasteiger partial charge in [-0.3, -0.25) is 9.59 Å². The number of anilines is 1. The number of aromatic amines is 1. The van der Waals surface area contributed by atoms with Crippen LogP contribution < -0.4 is 10.3 Å². The molecule has 0 radical (unpaired) electrons. The summed E-state index contributed by atoms with van der Waals surface area (Å²) in [6.07, 6.45) is 7.14. The Morgan fingerprint density at radius 2 is 2.12 bits per heavy atom. The molecule has 1 aromatic carbocycles. The summed E-state index contributed by atoms with van der Waals surface area (Å²) in [4.78, 5) is 38.3. The zero-order chi connectivity index (χ0) is 22.2. The second-order valence-corrected chi connectivity index (χ2v) is 10.3. The average Bonchev–Trinajstić information content (AvgIpc) is 3.38. The molecule has 3 aromatic rings. The van der Waals surface area contributed by atoms with E-state index in [0.717, 1.165) is 88.5 Å². The molecule has 8 nitrogen and oxygen atoms in total. The summed E-state index contributed by atoms with van der Waals surface area (Å²) in [7, 11) is 0. The lowest BCUT2D eigenvalue weighted by Crippen LogP contribution is -2.38. The van der Waals surface area contributed by atoms with Crippen LogP contribution in [0.4, 0.5) is 5.82 Å². The number of benzene rings is 1. The molecule has 3 N–H and O–H groups in total. The van der Waals surface area contributed by atoms with Crippen molar-refractivity contribution in [2.75, 3.05) is 18.8 Å². The number of nitrogens with one attached hydrogen (secondary N) is 1. The van der Waals surface area contributed by atoms with Crippen molar-refractivity contribution in [3.05, 3.63) is 34.1 Å². The number of amides is 1. The SMILES string of the molecule is Nc1nc[n+](CCC2CCN(C=O)CC2)c2nc(Sc3cc4c(cc3Br)C(=O)CC4)[nH]c12. The Morgan fingerprint density at radius 3 is 2.91 bits per heavy atom. The molecule has 1 aliphatic heterocycles. The molecule has 5 rings (SSSR count). The summed E-state index contributed by atoms with van der Waals surface area (Å²) >= 11 is 5.12. The Balaban J connectivity index is 1.35. The number of ketones is 1. The molecule has 1 fully saturated rings. The van der Waals surface area contributed by atoms with Crippen LogP contribution in [0.5, 0.6) is 0 Å². The van der Waals surface area contributed by atoms with Crippen molar-refractivity contribution in [1.29, 1.82) is 0 Å². The highest BCUT2D eigenvalue weighted by Gasteiger charge is 2.24. The summed E-state index contributed by atoms with van der Waals surface area (Å²) in [6.45, 7) is 2.46. The highest BCUT2D eigenvalue weighted by molar-refractivity contribution is 9.10. The molecule has 1 saturated heterocycles. The fraction of sp³-hybridized carbons (Fsp3) is 0.409. The van der Waals surface area contributed by atoms with Crippen molar-refractivity contribution >= 4 is 56.9 Å². The number of piperidine rings is 1. The standard InChI is InChI=1S/C22H23BrN6O2S/c23-16-10-15-14(1-2-17(15)31)9-18(16)32-22-26-19-20(24)25-11-29(21(19)27-22)8-5-13-3-6-28(12-30)7-4-13/h9-13H,1-8H2,(H2,24,26,27)/p+1. The average molecular weight is 516 g/mol. The van der Waals surface area contributed by atoms with E-state index in [-0.39, 0.29) is 5.78 Å². The van der Waals surface area contributed by atoms with E-state index in [1.54, 1.807) is 6.33 Å².